The number of alkyl halides is 3. The van der Waals surface area contributed by atoms with Crippen molar-refractivity contribution in [3.05, 3.63) is 65.3 Å². The molecule has 3 fully saturated rings. The predicted octanol–water partition coefficient (Wildman–Crippen LogP) is 6.65. The molecule has 0 bridgehead atoms. The lowest BCUT2D eigenvalue weighted by atomic mass is 9.61. The van der Waals surface area contributed by atoms with Crippen LogP contribution >= 0.6 is 0 Å². The van der Waals surface area contributed by atoms with E-state index in [0.717, 1.165) is 61.9 Å². The molecule has 0 amide bonds. The molecule has 4 rings (SSSR count). The van der Waals surface area contributed by atoms with Gasteiger partial charge in [-0.3, -0.25) is 0 Å². The highest BCUT2D eigenvalue weighted by Crippen LogP contribution is 2.59. The molecule has 3 saturated carbocycles. The van der Waals surface area contributed by atoms with Crippen LogP contribution in [0.1, 0.15) is 70.8 Å². The van der Waals surface area contributed by atoms with E-state index >= 15 is 0 Å². The summed E-state index contributed by atoms with van der Waals surface area (Å²) in [7, 11) is -3.68. The topological polar surface area (TPSA) is 74.6 Å². The summed E-state index contributed by atoms with van der Waals surface area (Å²) in [5, 5.41) is 20.2. The van der Waals surface area contributed by atoms with E-state index < -0.39 is 33.8 Å². The molecule has 1 aromatic carbocycles. The van der Waals surface area contributed by atoms with Gasteiger partial charge in [0.15, 0.2) is 9.84 Å². The van der Waals surface area contributed by atoms with Crippen molar-refractivity contribution in [2.45, 2.75) is 88.5 Å². The van der Waals surface area contributed by atoms with Gasteiger partial charge in [-0.1, -0.05) is 38.2 Å². The Morgan fingerprint density at radius 1 is 1.16 bits per heavy atom. The third-order valence-corrected chi connectivity index (χ3v) is 11.1. The first-order chi connectivity index (χ1) is 17.7. The minimum absolute atomic E-state index is 0.0583. The fourth-order valence-electron chi connectivity index (χ4n) is 7.19. The average Bonchev–Trinajstić information content (AvgIpc) is 3.21. The van der Waals surface area contributed by atoms with Crippen molar-refractivity contribution in [1.82, 2.24) is 0 Å². The molecule has 0 spiro atoms. The minimum atomic E-state index is -4.50. The summed E-state index contributed by atoms with van der Waals surface area (Å²) < 4.78 is 64.4. The molecule has 6 atom stereocenters. The number of hydrogen-bond acceptors (Lipinski definition) is 4. The van der Waals surface area contributed by atoms with E-state index in [1.54, 1.807) is 0 Å². The highest BCUT2D eigenvalue weighted by molar-refractivity contribution is 7.91. The molecule has 38 heavy (non-hydrogen) atoms. The number of fused-ring (bicyclic) bond motifs is 1. The maximum atomic E-state index is 12.9. The number of sulfone groups is 1. The molecule has 1 aromatic rings. The summed E-state index contributed by atoms with van der Waals surface area (Å²) in [6.45, 7) is 8.44. The molecule has 3 aliphatic carbocycles. The lowest BCUT2D eigenvalue weighted by Crippen LogP contribution is -2.36. The van der Waals surface area contributed by atoms with E-state index in [-0.39, 0.29) is 22.0 Å². The molecule has 4 nitrogen and oxygen atoms in total. The Hall–Kier alpha value is -1.90. The second-order valence-corrected chi connectivity index (χ2v) is 13.9. The summed E-state index contributed by atoms with van der Waals surface area (Å²) in [6, 6.07) is 3.77. The van der Waals surface area contributed by atoms with E-state index in [1.807, 2.05) is 6.08 Å². The summed E-state index contributed by atoms with van der Waals surface area (Å²) in [4.78, 5) is -0.0660. The van der Waals surface area contributed by atoms with Gasteiger partial charge in [0, 0.05) is 6.42 Å². The molecule has 2 N–H and O–H groups in total. The maximum Gasteiger partial charge on any atom is 0.416 e. The standard InChI is InChI=1S/C30H39F3O4S/c1-19(14-16-38(36,37)25-10-8-23(9-11-25)30(31,32)33)26-12-13-27-21(5-4-15-29(26,27)3)6-7-22-17-24(34)18-28(35)20(22)2/h6-11,19,24,26-28,34-35H,2,4-5,12-18H2,1,3H3/b21-6+,22-7-/t19-,24-,26-,27+,28+,29-/m1/s1. The number of halogens is 3. The number of benzene rings is 1. The lowest BCUT2D eigenvalue weighted by Gasteiger charge is -2.44. The highest BCUT2D eigenvalue weighted by atomic mass is 32.2. The maximum absolute atomic E-state index is 12.9. The molecule has 0 radical (unpaired) electrons. The molecular formula is C30H39F3O4S. The third-order valence-electron chi connectivity index (χ3n) is 9.37. The van der Waals surface area contributed by atoms with Crippen LogP contribution in [0.3, 0.4) is 0 Å². The quantitative estimate of drug-likeness (QED) is 0.415. The van der Waals surface area contributed by atoms with Gasteiger partial charge in [-0.25, -0.2) is 8.42 Å². The van der Waals surface area contributed by atoms with Crippen molar-refractivity contribution < 1.29 is 31.8 Å². The van der Waals surface area contributed by atoms with Crippen LogP contribution < -0.4 is 0 Å². The van der Waals surface area contributed by atoms with Crippen molar-refractivity contribution >= 4 is 9.84 Å². The van der Waals surface area contributed by atoms with Crippen molar-refractivity contribution in [1.29, 1.82) is 0 Å². The Labute approximate surface area is 224 Å². The van der Waals surface area contributed by atoms with Crippen LogP contribution in [0.25, 0.3) is 0 Å². The number of aliphatic hydroxyl groups excluding tert-OH is 2. The van der Waals surface area contributed by atoms with Gasteiger partial charge in [0.1, 0.15) is 0 Å². The van der Waals surface area contributed by atoms with E-state index in [4.69, 9.17) is 0 Å². The average molecular weight is 553 g/mol. The normalized spacial score (nSPS) is 33.5. The molecule has 0 unspecified atom stereocenters. The molecule has 3 aliphatic rings. The van der Waals surface area contributed by atoms with Gasteiger partial charge in [-0.05, 0) is 104 Å². The van der Waals surface area contributed by atoms with Crippen molar-refractivity contribution in [3.63, 3.8) is 0 Å². The number of hydrogen-bond donors (Lipinski definition) is 2. The first-order valence-electron chi connectivity index (χ1n) is 13.6. The Morgan fingerprint density at radius 2 is 1.84 bits per heavy atom. The van der Waals surface area contributed by atoms with E-state index in [1.165, 1.54) is 5.57 Å². The largest absolute Gasteiger partial charge is 0.416 e. The SMILES string of the molecule is C=C1/C(=C\C=C2/CCC[C@]3(C)[C@@H]([C@H](C)CCS(=O)(=O)c4ccc(C(F)(F)F)cc4)CC[C@@H]23)C[C@@H](O)C[C@@H]1O. The Morgan fingerprint density at radius 3 is 2.50 bits per heavy atom. The van der Waals surface area contributed by atoms with Crippen LogP contribution in [0, 0.1) is 23.2 Å². The van der Waals surface area contributed by atoms with Gasteiger partial charge in [-0.2, -0.15) is 13.2 Å². The fraction of sp³-hybridized carbons (Fsp3) is 0.600. The zero-order valence-electron chi connectivity index (χ0n) is 22.2. The fourth-order valence-corrected chi connectivity index (χ4v) is 8.66. The Kier molecular flexibility index (Phi) is 8.37. The van der Waals surface area contributed by atoms with E-state index in [0.29, 0.717) is 36.7 Å². The Balaban J connectivity index is 1.44. The molecule has 0 aliphatic heterocycles. The van der Waals surface area contributed by atoms with Gasteiger partial charge in [-0.15, -0.1) is 0 Å². The molecule has 210 valence electrons. The van der Waals surface area contributed by atoms with Crippen molar-refractivity contribution in [3.8, 4) is 0 Å². The summed E-state index contributed by atoms with van der Waals surface area (Å²) in [5.74, 6) is 0.840. The predicted molar refractivity (Wildman–Crippen MR) is 142 cm³/mol. The molecule has 0 heterocycles. The lowest BCUT2D eigenvalue weighted by molar-refractivity contribution is -0.137. The van der Waals surface area contributed by atoms with Gasteiger partial charge in [0.2, 0.25) is 0 Å². The van der Waals surface area contributed by atoms with Crippen LogP contribution in [0.4, 0.5) is 13.2 Å². The zero-order valence-corrected chi connectivity index (χ0v) is 23.0. The Bertz CT molecular complexity index is 1200. The minimum Gasteiger partial charge on any atom is -0.393 e. The second-order valence-electron chi connectivity index (χ2n) is 11.8. The van der Waals surface area contributed by atoms with E-state index in [9.17, 15) is 31.8 Å². The van der Waals surface area contributed by atoms with Crippen LogP contribution in [0.5, 0.6) is 0 Å². The van der Waals surface area contributed by atoms with Crippen molar-refractivity contribution in [2.75, 3.05) is 5.75 Å². The zero-order chi connectivity index (χ0) is 27.9. The van der Waals surface area contributed by atoms with Crippen LogP contribution in [0.2, 0.25) is 0 Å². The molecular weight excluding hydrogens is 513 g/mol. The van der Waals surface area contributed by atoms with Gasteiger partial charge < -0.3 is 10.2 Å². The van der Waals surface area contributed by atoms with Crippen LogP contribution in [-0.2, 0) is 16.0 Å². The summed E-state index contributed by atoms with van der Waals surface area (Å²) in [5.41, 5.74) is 2.15. The first kappa shape index (κ1) is 29.1. The molecule has 8 heteroatoms. The van der Waals surface area contributed by atoms with E-state index in [2.05, 4.69) is 26.5 Å². The smallest absolute Gasteiger partial charge is 0.393 e. The van der Waals surface area contributed by atoms with Gasteiger partial charge in [0.05, 0.1) is 28.4 Å². The second kappa shape index (κ2) is 10.9. The number of aliphatic hydroxyl groups is 2. The first-order valence-corrected chi connectivity index (χ1v) is 15.2. The monoisotopic (exact) mass is 552 g/mol. The van der Waals surface area contributed by atoms with Gasteiger partial charge in [0.25, 0.3) is 0 Å². The number of rotatable bonds is 6. The van der Waals surface area contributed by atoms with Crippen LogP contribution in [0.15, 0.2) is 64.6 Å². The van der Waals surface area contributed by atoms with Gasteiger partial charge >= 0.3 is 6.18 Å². The van der Waals surface area contributed by atoms with Crippen molar-refractivity contribution in [2.24, 2.45) is 23.2 Å². The van der Waals surface area contributed by atoms with Crippen LogP contribution in [-0.4, -0.2) is 36.6 Å². The molecule has 0 aromatic heterocycles. The highest BCUT2D eigenvalue weighted by Gasteiger charge is 2.50. The third kappa shape index (κ3) is 5.97. The summed E-state index contributed by atoms with van der Waals surface area (Å²) >= 11 is 0. The number of allylic oxidation sites excluding steroid dienone is 3. The molecule has 0 saturated heterocycles. The summed E-state index contributed by atoms with van der Waals surface area (Å²) in [6.07, 6.45) is 4.88.